The van der Waals surface area contributed by atoms with E-state index in [-0.39, 0.29) is 23.4 Å². The number of nitriles is 1. The lowest BCUT2D eigenvalue weighted by molar-refractivity contribution is -0.134. The Morgan fingerprint density at radius 3 is 2.81 bits per heavy atom. The number of nitrogens with two attached hydrogens (primary N) is 1. The van der Waals surface area contributed by atoms with E-state index in [0.717, 1.165) is 0 Å². The van der Waals surface area contributed by atoms with Crippen LogP contribution in [0.3, 0.4) is 0 Å². The van der Waals surface area contributed by atoms with Gasteiger partial charge in [-0.1, -0.05) is 6.92 Å². The van der Waals surface area contributed by atoms with E-state index in [1.807, 2.05) is 6.92 Å². The number of hydrogen-bond donors (Lipinski definition) is 2. The second-order valence-electron chi connectivity index (χ2n) is 7.26. The summed E-state index contributed by atoms with van der Waals surface area (Å²) in [5, 5.41) is 16.8. The number of aromatic nitrogens is 3. The maximum Gasteiger partial charge on any atom is 0.252 e. The van der Waals surface area contributed by atoms with Crippen LogP contribution in [0.5, 0.6) is 0 Å². The van der Waals surface area contributed by atoms with Crippen LogP contribution in [0.15, 0.2) is 17.0 Å². The molecule has 1 saturated carbocycles. The van der Waals surface area contributed by atoms with Crippen molar-refractivity contribution in [1.82, 2.24) is 19.5 Å². The zero-order chi connectivity index (χ0) is 19.3. The molecular weight excluding hydrogens is 414 g/mol. The quantitative estimate of drug-likeness (QED) is 0.746. The number of likely N-dealkylation sites (tertiary alicyclic amines) is 1. The average molecular weight is 432 g/mol. The second kappa shape index (κ2) is 6.20. The SMILES string of the molecule is C[C@H]1CN(C(=O)C2(C#N)CC2)C[C@H]1Nc1c(C(N)=O)cnn2cc(Br)nc12. The smallest absolute Gasteiger partial charge is 0.252 e. The van der Waals surface area contributed by atoms with Crippen molar-refractivity contribution in [2.75, 3.05) is 18.4 Å². The summed E-state index contributed by atoms with van der Waals surface area (Å²) in [7, 11) is 0. The number of carbonyl (C=O) groups excluding carboxylic acids is 2. The predicted octanol–water partition coefficient (Wildman–Crippen LogP) is 1.15. The summed E-state index contributed by atoms with van der Waals surface area (Å²) in [5.41, 5.74) is 5.90. The Bertz CT molecular complexity index is 991. The van der Waals surface area contributed by atoms with Crippen LogP contribution in [0.4, 0.5) is 5.69 Å². The van der Waals surface area contributed by atoms with Gasteiger partial charge in [0.25, 0.3) is 5.91 Å². The number of fused-ring (bicyclic) bond motifs is 1. The Kier molecular flexibility index (Phi) is 4.07. The van der Waals surface area contributed by atoms with Crippen LogP contribution in [-0.4, -0.2) is 50.4 Å². The lowest BCUT2D eigenvalue weighted by Gasteiger charge is -2.21. The van der Waals surface area contributed by atoms with Crippen molar-refractivity contribution >= 4 is 39.1 Å². The minimum atomic E-state index is -0.828. The van der Waals surface area contributed by atoms with Crippen molar-refractivity contribution in [2.24, 2.45) is 17.1 Å². The van der Waals surface area contributed by atoms with Crippen molar-refractivity contribution in [3.8, 4) is 6.07 Å². The second-order valence-corrected chi connectivity index (χ2v) is 8.07. The zero-order valence-corrected chi connectivity index (χ0v) is 16.2. The van der Waals surface area contributed by atoms with Gasteiger partial charge in [0.05, 0.1) is 29.7 Å². The molecule has 2 amide bonds. The predicted molar refractivity (Wildman–Crippen MR) is 99.6 cm³/mol. The average Bonchev–Trinajstić information content (AvgIpc) is 3.21. The zero-order valence-electron chi connectivity index (χ0n) is 14.6. The van der Waals surface area contributed by atoms with Crippen LogP contribution in [-0.2, 0) is 4.79 Å². The van der Waals surface area contributed by atoms with Crippen LogP contribution < -0.4 is 11.1 Å². The summed E-state index contributed by atoms with van der Waals surface area (Å²) in [6, 6.07) is 2.07. The number of halogens is 1. The van der Waals surface area contributed by atoms with Gasteiger partial charge in [0, 0.05) is 19.1 Å². The van der Waals surface area contributed by atoms with Crippen molar-refractivity contribution in [3.63, 3.8) is 0 Å². The van der Waals surface area contributed by atoms with E-state index >= 15 is 0 Å². The molecule has 0 aromatic carbocycles. The third-order valence-corrected chi connectivity index (χ3v) is 5.71. The Hall–Kier alpha value is -2.67. The largest absolute Gasteiger partial charge is 0.376 e. The number of anilines is 1. The number of nitrogens with one attached hydrogen (secondary N) is 1. The first-order valence-corrected chi connectivity index (χ1v) is 9.45. The Labute approximate surface area is 163 Å². The van der Waals surface area contributed by atoms with E-state index in [1.165, 1.54) is 6.20 Å². The molecule has 1 aliphatic carbocycles. The van der Waals surface area contributed by atoms with Gasteiger partial charge in [-0.15, -0.1) is 0 Å². The molecule has 2 fully saturated rings. The van der Waals surface area contributed by atoms with Gasteiger partial charge in [0.15, 0.2) is 5.65 Å². The normalized spacial score (nSPS) is 23.2. The van der Waals surface area contributed by atoms with Gasteiger partial charge in [-0.25, -0.2) is 9.50 Å². The summed E-state index contributed by atoms with van der Waals surface area (Å²) in [5.74, 6) is -0.567. The van der Waals surface area contributed by atoms with Crippen molar-refractivity contribution < 1.29 is 9.59 Å². The van der Waals surface area contributed by atoms with Gasteiger partial charge in [0.1, 0.15) is 10.0 Å². The first-order chi connectivity index (χ1) is 12.8. The van der Waals surface area contributed by atoms with Gasteiger partial charge >= 0.3 is 0 Å². The molecule has 0 bridgehead atoms. The minimum absolute atomic E-state index is 0.0942. The number of amides is 2. The first kappa shape index (κ1) is 17.7. The van der Waals surface area contributed by atoms with Crippen molar-refractivity contribution in [3.05, 3.63) is 22.6 Å². The molecule has 2 aromatic rings. The number of nitrogens with zero attached hydrogens (tertiary/aromatic N) is 5. The maximum atomic E-state index is 12.7. The standard InChI is InChI=1S/C17H18BrN7O2/c1-9-5-24(16(27)17(8-19)2-3-17)6-11(9)22-13-10(14(20)26)4-21-25-7-12(18)23-15(13)25/h4,7,9,11,22H,2-3,5-6H2,1H3,(H2,20,26)/t9-,11+/m0/s1. The fraction of sp³-hybridized carbons (Fsp3) is 0.471. The van der Waals surface area contributed by atoms with E-state index in [2.05, 4.69) is 37.4 Å². The molecule has 9 nitrogen and oxygen atoms in total. The molecule has 0 radical (unpaired) electrons. The third-order valence-electron chi connectivity index (χ3n) is 5.33. The fourth-order valence-corrected chi connectivity index (χ4v) is 3.90. The lowest BCUT2D eigenvalue weighted by atomic mass is 10.1. The minimum Gasteiger partial charge on any atom is -0.376 e. The lowest BCUT2D eigenvalue weighted by Crippen LogP contribution is -2.36. The van der Waals surface area contributed by atoms with Crippen molar-refractivity contribution in [1.29, 1.82) is 5.26 Å². The van der Waals surface area contributed by atoms with Gasteiger partial charge in [-0.05, 0) is 34.7 Å². The number of carbonyl (C=O) groups is 2. The van der Waals surface area contributed by atoms with E-state index in [9.17, 15) is 14.9 Å². The summed E-state index contributed by atoms with van der Waals surface area (Å²) in [6.45, 7) is 3.05. The summed E-state index contributed by atoms with van der Waals surface area (Å²) in [6.07, 6.45) is 4.35. The van der Waals surface area contributed by atoms with Crippen LogP contribution in [0.1, 0.15) is 30.1 Å². The summed E-state index contributed by atoms with van der Waals surface area (Å²) >= 11 is 3.31. The third kappa shape index (κ3) is 2.92. The molecule has 3 N–H and O–H groups in total. The number of rotatable bonds is 4. The molecular formula is C17H18BrN7O2. The summed E-state index contributed by atoms with van der Waals surface area (Å²) in [4.78, 5) is 30.6. The molecule has 4 rings (SSSR count). The molecule has 2 atom stereocenters. The molecule has 1 saturated heterocycles. The van der Waals surface area contributed by atoms with E-state index in [0.29, 0.717) is 41.9 Å². The fourth-order valence-electron chi connectivity index (χ4n) is 3.54. The Morgan fingerprint density at radius 1 is 1.44 bits per heavy atom. The molecule has 2 aromatic heterocycles. The Morgan fingerprint density at radius 2 is 2.19 bits per heavy atom. The van der Waals surface area contributed by atoms with Crippen molar-refractivity contribution in [2.45, 2.75) is 25.8 Å². The highest BCUT2D eigenvalue weighted by Gasteiger charge is 2.54. The van der Waals surface area contributed by atoms with Crippen LogP contribution in [0.25, 0.3) is 5.65 Å². The molecule has 1 aliphatic heterocycles. The van der Waals surface area contributed by atoms with Gasteiger partial charge in [-0.2, -0.15) is 10.4 Å². The van der Waals surface area contributed by atoms with E-state index < -0.39 is 11.3 Å². The molecule has 2 aliphatic rings. The molecule has 27 heavy (non-hydrogen) atoms. The van der Waals surface area contributed by atoms with Gasteiger partial charge in [0.2, 0.25) is 5.91 Å². The molecule has 3 heterocycles. The van der Waals surface area contributed by atoms with Gasteiger partial charge < -0.3 is 16.0 Å². The number of hydrogen-bond acceptors (Lipinski definition) is 6. The van der Waals surface area contributed by atoms with Crippen LogP contribution >= 0.6 is 15.9 Å². The number of primary amides is 1. The van der Waals surface area contributed by atoms with Gasteiger partial charge in [-0.3, -0.25) is 9.59 Å². The van der Waals surface area contributed by atoms with E-state index in [1.54, 1.807) is 15.6 Å². The van der Waals surface area contributed by atoms with Crippen LogP contribution in [0, 0.1) is 22.7 Å². The topological polar surface area (TPSA) is 129 Å². The molecule has 140 valence electrons. The molecule has 0 unspecified atom stereocenters. The highest BCUT2D eigenvalue weighted by molar-refractivity contribution is 9.10. The van der Waals surface area contributed by atoms with E-state index in [4.69, 9.17) is 5.73 Å². The molecule has 10 heteroatoms. The molecule has 0 spiro atoms. The summed E-state index contributed by atoms with van der Waals surface area (Å²) < 4.78 is 2.14. The number of imidazole rings is 1. The first-order valence-electron chi connectivity index (χ1n) is 8.65. The van der Waals surface area contributed by atoms with Crippen LogP contribution in [0.2, 0.25) is 0 Å². The highest BCUT2D eigenvalue weighted by atomic mass is 79.9. The monoisotopic (exact) mass is 431 g/mol. The highest BCUT2D eigenvalue weighted by Crippen LogP contribution is 2.47. The Balaban J connectivity index is 1.62. The maximum absolute atomic E-state index is 12.7.